The van der Waals surface area contributed by atoms with Crippen LogP contribution in [0.5, 0.6) is 0 Å². The summed E-state index contributed by atoms with van der Waals surface area (Å²) in [7, 11) is 0. The van der Waals surface area contributed by atoms with Gasteiger partial charge in [0.1, 0.15) is 5.76 Å². The molecule has 0 unspecified atom stereocenters. The fourth-order valence-electron chi connectivity index (χ4n) is 5.21. The molecule has 152 valence electrons. The molecule has 2 atom stereocenters. The topological polar surface area (TPSA) is 59.3 Å². The van der Waals surface area contributed by atoms with Crippen molar-refractivity contribution in [2.75, 3.05) is 0 Å². The maximum atomic E-state index is 13.5. The average molecular weight is 407 g/mol. The van der Waals surface area contributed by atoms with Gasteiger partial charge in [0.2, 0.25) is 0 Å². The Balaban J connectivity index is 1.53. The van der Waals surface area contributed by atoms with E-state index in [1.807, 2.05) is 67.6 Å². The van der Waals surface area contributed by atoms with Crippen molar-refractivity contribution in [1.82, 2.24) is 5.32 Å². The Bertz CT molecular complexity index is 1290. The third-order valence-corrected chi connectivity index (χ3v) is 6.67. The molecular formula is C27H21NO3. The van der Waals surface area contributed by atoms with E-state index in [-0.39, 0.29) is 23.4 Å². The van der Waals surface area contributed by atoms with Crippen LogP contribution in [0.25, 0.3) is 5.70 Å². The minimum atomic E-state index is -0.350. The molecule has 1 aromatic heterocycles. The standard InChI is InChI=1S/C27H21NO3/c1-15-8-10-16(11-9-15)23-24-20(13-17(14-21(24)29)22-7-4-12-31-22)28-26-18-5-2-3-6-19(18)27(30)25(23)26/h2-12,17,23,28H,13-14H2,1H3/t17-,23-/m1/s1. The number of nitrogens with one attached hydrogen (secondary N) is 1. The molecule has 1 aliphatic heterocycles. The molecule has 31 heavy (non-hydrogen) atoms. The summed E-state index contributed by atoms with van der Waals surface area (Å²) in [6.07, 6.45) is 2.73. The summed E-state index contributed by atoms with van der Waals surface area (Å²) in [6.45, 7) is 2.04. The van der Waals surface area contributed by atoms with Gasteiger partial charge in [-0.3, -0.25) is 9.59 Å². The summed E-state index contributed by atoms with van der Waals surface area (Å²) < 4.78 is 5.62. The number of hydrogen-bond acceptors (Lipinski definition) is 4. The molecule has 4 nitrogen and oxygen atoms in total. The summed E-state index contributed by atoms with van der Waals surface area (Å²) in [6, 6.07) is 19.7. The van der Waals surface area contributed by atoms with Crippen LogP contribution in [0.1, 0.15) is 57.5 Å². The van der Waals surface area contributed by atoms with E-state index in [2.05, 4.69) is 5.32 Å². The predicted molar refractivity (Wildman–Crippen MR) is 117 cm³/mol. The van der Waals surface area contributed by atoms with E-state index in [1.54, 1.807) is 6.26 Å². The lowest BCUT2D eigenvalue weighted by molar-refractivity contribution is -0.116. The van der Waals surface area contributed by atoms with Crippen molar-refractivity contribution in [3.8, 4) is 0 Å². The molecule has 0 saturated carbocycles. The highest BCUT2D eigenvalue weighted by atomic mass is 16.3. The Hall–Kier alpha value is -3.66. The van der Waals surface area contributed by atoms with E-state index in [0.29, 0.717) is 24.0 Å². The number of rotatable bonds is 2. The van der Waals surface area contributed by atoms with Gasteiger partial charge in [-0.25, -0.2) is 0 Å². The van der Waals surface area contributed by atoms with Crippen LogP contribution in [0, 0.1) is 6.92 Å². The molecule has 4 heteroatoms. The number of hydrogen-bond donors (Lipinski definition) is 1. The molecule has 0 saturated heterocycles. The Labute approximate surface area is 180 Å². The van der Waals surface area contributed by atoms with Crippen molar-refractivity contribution < 1.29 is 14.0 Å². The summed E-state index contributed by atoms with van der Waals surface area (Å²) in [5.74, 6) is 0.571. The van der Waals surface area contributed by atoms with E-state index >= 15 is 0 Å². The number of ketones is 2. The van der Waals surface area contributed by atoms with Crippen molar-refractivity contribution in [2.45, 2.75) is 31.6 Å². The third-order valence-electron chi connectivity index (χ3n) is 6.67. The molecule has 6 rings (SSSR count). The van der Waals surface area contributed by atoms with Crippen molar-refractivity contribution in [3.63, 3.8) is 0 Å². The zero-order valence-corrected chi connectivity index (χ0v) is 17.1. The number of Topliss-reactive ketones (excluding diaryl/α,β-unsaturated/α-hetero) is 2. The summed E-state index contributed by atoms with van der Waals surface area (Å²) in [4.78, 5) is 26.9. The number of furan rings is 1. The van der Waals surface area contributed by atoms with Crippen LogP contribution in [-0.2, 0) is 4.79 Å². The fraction of sp³-hybridized carbons (Fsp3) is 0.185. The van der Waals surface area contributed by atoms with Gasteiger partial charge in [-0.15, -0.1) is 0 Å². The molecule has 0 amide bonds. The predicted octanol–water partition coefficient (Wildman–Crippen LogP) is 5.28. The number of benzene rings is 2. The van der Waals surface area contributed by atoms with Gasteiger partial charge in [-0.05, 0) is 31.0 Å². The number of fused-ring (bicyclic) bond motifs is 2. The van der Waals surface area contributed by atoms with Crippen LogP contribution in [0.2, 0.25) is 0 Å². The Kier molecular flexibility index (Phi) is 3.90. The fourth-order valence-corrected chi connectivity index (χ4v) is 5.21. The van der Waals surface area contributed by atoms with Gasteiger partial charge in [0.15, 0.2) is 11.6 Å². The molecule has 3 aromatic rings. The highest BCUT2D eigenvalue weighted by Crippen LogP contribution is 2.50. The Morgan fingerprint density at radius 2 is 1.65 bits per heavy atom. The highest BCUT2D eigenvalue weighted by Gasteiger charge is 2.45. The second-order valence-electron chi connectivity index (χ2n) is 8.57. The van der Waals surface area contributed by atoms with Gasteiger partial charge in [-0.2, -0.15) is 0 Å². The van der Waals surface area contributed by atoms with Crippen LogP contribution >= 0.6 is 0 Å². The normalized spacial score (nSPS) is 22.2. The molecule has 0 fully saturated rings. The number of aryl methyl sites for hydroxylation is 1. The zero-order valence-electron chi connectivity index (χ0n) is 17.1. The summed E-state index contributed by atoms with van der Waals surface area (Å²) >= 11 is 0. The highest BCUT2D eigenvalue weighted by molar-refractivity contribution is 6.23. The van der Waals surface area contributed by atoms with Crippen molar-refractivity contribution in [3.05, 3.63) is 112 Å². The number of dihydropyridines is 1. The summed E-state index contributed by atoms with van der Waals surface area (Å²) in [5, 5.41) is 3.51. The van der Waals surface area contributed by atoms with E-state index in [4.69, 9.17) is 4.42 Å². The van der Waals surface area contributed by atoms with E-state index in [9.17, 15) is 9.59 Å². The smallest absolute Gasteiger partial charge is 0.192 e. The van der Waals surface area contributed by atoms with E-state index in [1.165, 1.54) is 0 Å². The lowest BCUT2D eigenvalue weighted by Crippen LogP contribution is -2.33. The first-order valence-electron chi connectivity index (χ1n) is 10.6. The van der Waals surface area contributed by atoms with Crippen LogP contribution in [0.3, 0.4) is 0 Å². The van der Waals surface area contributed by atoms with E-state index in [0.717, 1.165) is 39.4 Å². The van der Waals surface area contributed by atoms with Gasteiger partial charge >= 0.3 is 0 Å². The molecule has 1 N–H and O–H groups in total. The second-order valence-corrected chi connectivity index (χ2v) is 8.57. The van der Waals surface area contributed by atoms with Crippen LogP contribution in [0.15, 0.2) is 88.2 Å². The molecule has 0 bridgehead atoms. The number of carbonyl (C=O) groups excluding carboxylic acids is 2. The van der Waals surface area contributed by atoms with Crippen molar-refractivity contribution >= 4 is 17.3 Å². The Morgan fingerprint density at radius 1 is 0.871 bits per heavy atom. The summed E-state index contributed by atoms with van der Waals surface area (Å²) in [5.41, 5.74) is 6.92. The quantitative estimate of drug-likeness (QED) is 0.628. The molecule has 0 spiro atoms. The molecule has 2 aromatic carbocycles. The molecular weight excluding hydrogens is 386 g/mol. The first-order chi connectivity index (χ1) is 15.1. The van der Waals surface area contributed by atoms with Gasteiger partial charge in [0.05, 0.1) is 12.0 Å². The van der Waals surface area contributed by atoms with Crippen LogP contribution in [-0.4, -0.2) is 11.6 Å². The van der Waals surface area contributed by atoms with Crippen molar-refractivity contribution in [2.24, 2.45) is 0 Å². The van der Waals surface area contributed by atoms with Gasteiger partial charge in [0, 0.05) is 46.2 Å². The maximum Gasteiger partial charge on any atom is 0.192 e. The van der Waals surface area contributed by atoms with Crippen molar-refractivity contribution in [1.29, 1.82) is 0 Å². The van der Waals surface area contributed by atoms with Gasteiger partial charge in [0.25, 0.3) is 0 Å². The van der Waals surface area contributed by atoms with Crippen LogP contribution in [0.4, 0.5) is 0 Å². The first kappa shape index (κ1) is 18.1. The monoisotopic (exact) mass is 407 g/mol. The van der Waals surface area contributed by atoms with Gasteiger partial charge in [-0.1, -0.05) is 54.1 Å². The molecule has 2 heterocycles. The SMILES string of the molecule is Cc1ccc([C@@H]2C3=C(C[C@@H](c4ccco4)CC3=O)NC3=C2C(=O)c2ccccc23)cc1. The zero-order chi connectivity index (χ0) is 21.1. The molecule has 2 aliphatic carbocycles. The molecule has 3 aliphatic rings. The minimum absolute atomic E-state index is 0.00177. The van der Waals surface area contributed by atoms with E-state index < -0.39 is 0 Å². The van der Waals surface area contributed by atoms with Crippen LogP contribution < -0.4 is 5.32 Å². The number of allylic oxidation sites excluding steroid dienone is 3. The Morgan fingerprint density at radius 3 is 2.39 bits per heavy atom. The average Bonchev–Trinajstić information content (AvgIpc) is 3.41. The second kappa shape index (κ2) is 6.67. The minimum Gasteiger partial charge on any atom is -0.469 e. The first-order valence-corrected chi connectivity index (χ1v) is 10.6. The third kappa shape index (κ3) is 2.68. The maximum absolute atomic E-state index is 13.5. The lowest BCUT2D eigenvalue weighted by Gasteiger charge is -2.35. The molecule has 0 radical (unpaired) electrons. The van der Waals surface area contributed by atoms with Gasteiger partial charge < -0.3 is 9.73 Å². The lowest BCUT2D eigenvalue weighted by atomic mass is 9.72. The largest absolute Gasteiger partial charge is 0.469 e. The number of carbonyl (C=O) groups is 2.